The smallest absolute Gasteiger partial charge is 0.744 e. The second-order valence-corrected chi connectivity index (χ2v) is 8.69. The first-order valence-corrected chi connectivity index (χ1v) is 10.2. The molecule has 8 nitrogen and oxygen atoms in total. The van der Waals surface area contributed by atoms with Gasteiger partial charge >= 0.3 is 37.7 Å². The monoisotopic (exact) mass is 480 g/mol. The molecule has 0 heterocycles. The fraction of sp³-hybridized carbons (Fsp3) is 0.143. The molecular formula is C14H14CaCl2N2O6S2. The quantitative estimate of drug-likeness (QED) is 0.373. The van der Waals surface area contributed by atoms with Crippen LogP contribution in [0.5, 0.6) is 0 Å². The molecule has 0 aliphatic heterocycles. The van der Waals surface area contributed by atoms with Crippen molar-refractivity contribution < 1.29 is 25.9 Å². The van der Waals surface area contributed by atoms with Crippen LogP contribution in [0.3, 0.4) is 0 Å². The molecule has 13 heteroatoms. The van der Waals surface area contributed by atoms with E-state index in [-0.39, 0.29) is 59.2 Å². The van der Waals surface area contributed by atoms with Gasteiger partial charge in [0.05, 0.1) is 31.2 Å². The van der Waals surface area contributed by atoms with E-state index in [4.69, 9.17) is 34.7 Å². The van der Waals surface area contributed by atoms with Gasteiger partial charge in [0.15, 0.2) is 0 Å². The first-order chi connectivity index (χ1) is 11.6. The third-order valence-electron chi connectivity index (χ3n) is 2.96. The predicted molar refractivity (Wildman–Crippen MR) is 103 cm³/mol. The molecule has 0 spiro atoms. The SMILES string of the molecule is Cc1cc(N)c(Cl)c(S(=O)(=O)[O-])c1.Cc1cc(N)c(Cl)c(S(=O)(=O)[O-])c1.[Ca+2]. The van der Waals surface area contributed by atoms with Crippen LogP contribution >= 0.6 is 23.2 Å². The van der Waals surface area contributed by atoms with Gasteiger partial charge in [0, 0.05) is 0 Å². The fourth-order valence-electron chi connectivity index (χ4n) is 1.89. The van der Waals surface area contributed by atoms with Gasteiger partial charge < -0.3 is 20.6 Å². The van der Waals surface area contributed by atoms with E-state index in [1.165, 1.54) is 24.3 Å². The molecule has 0 atom stereocenters. The number of nitrogen functional groups attached to an aromatic ring is 2. The van der Waals surface area contributed by atoms with Crippen LogP contribution < -0.4 is 11.5 Å². The Morgan fingerprint density at radius 2 is 1.00 bits per heavy atom. The Kier molecular flexibility index (Phi) is 9.84. The number of anilines is 2. The van der Waals surface area contributed by atoms with E-state index < -0.39 is 30.0 Å². The van der Waals surface area contributed by atoms with Crippen LogP contribution in [0.15, 0.2) is 34.1 Å². The largest absolute Gasteiger partial charge is 2.00 e. The Bertz CT molecular complexity index is 974. The van der Waals surface area contributed by atoms with Crippen molar-refractivity contribution in [3.8, 4) is 0 Å². The van der Waals surface area contributed by atoms with Gasteiger partial charge in [-0.15, -0.1) is 0 Å². The molecule has 4 N–H and O–H groups in total. The number of benzene rings is 2. The number of hydrogen-bond acceptors (Lipinski definition) is 8. The Hall–Kier alpha value is -0.300. The molecule has 0 aliphatic carbocycles. The van der Waals surface area contributed by atoms with Gasteiger partial charge in [0.1, 0.15) is 20.2 Å². The molecule has 2 aromatic rings. The summed E-state index contributed by atoms with van der Waals surface area (Å²) in [5.41, 5.74) is 12.1. The van der Waals surface area contributed by atoms with E-state index >= 15 is 0 Å². The van der Waals surface area contributed by atoms with Crippen molar-refractivity contribution in [2.45, 2.75) is 23.6 Å². The molecule has 144 valence electrons. The van der Waals surface area contributed by atoms with E-state index in [1.807, 2.05) is 0 Å². The van der Waals surface area contributed by atoms with Gasteiger partial charge in [-0.3, -0.25) is 0 Å². The summed E-state index contributed by atoms with van der Waals surface area (Å²) < 4.78 is 64.0. The molecule has 0 fully saturated rings. The normalized spacial score (nSPS) is 11.2. The second-order valence-electron chi connectivity index (χ2n) is 5.24. The van der Waals surface area contributed by atoms with Crippen molar-refractivity contribution in [2.24, 2.45) is 0 Å². The zero-order valence-electron chi connectivity index (χ0n) is 14.2. The topological polar surface area (TPSA) is 166 Å². The standard InChI is InChI=1S/2C7H8ClNO3S.Ca/c2*1-4-2-5(9)7(8)6(3-4)13(10,11)12;/h2*2-3H,9H2,1H3,(H,10,11,12);/q;;+2/p-2. The molecule has 0 aliphatic rings. The summed E-state index contributed by atoms with van der Waals surface area (Å²) in [6, 6.07) is 5.38. The van der Waals surface area contributed by atoms with Crippen molar-refractivity contribution in [3.63, 3.8) is 0 Å². The molecule has 27 heavy (non-hydrogen) atoms. The second kappa shape index (κ2) is 9.95. The van der Waals surface area contributed by atoms with Crippen LogP contribution in [0.2, 0.25) is 10.0 Å². The average molecular weight is 481 g/mol. The van der Waals surface area contributed by atoms with E-state index in [2.05, 4.69) is 0 Å². The van der Waals surface area contributed by atoms with Crippen LogP contribution in [-0.2, 0) is 20.2 Å². The maximum Gasteiger partial charge on any atom is 2.00 e. The average Bonchev–Trinajstić information content (AvgIpc) is 2.45. The Morgan fingerprint density at radius 1 is 0.741 bits per heavy atom. The maximum absolute atomic E-state index is 10.7. The van der Waals surface area contributed by atoms with E-state index in [0.717, 1.165) is 0 Å². The van der Waals surface area contributed by atoms with Crippen LogP contribution in [0.25, 0.3) is 0 Å². The summed E-state index contributed by atoms with van der Waals surface area (Å²) in [6.45, 7) is 3.25. The van der Waals surface area contributed by atoms with Gasteiger partial charge in [-0.25, -0.2) is 16.8 Å². The first-order valence-electron chi connectivity index (χ1n) is 6.67. The minimum absolute atomic E-state index is 0. The minimum Gasteiger partial charge on any atom is -0.744 e. The van der Waals surface area contributed by atoms with Gasteiger partial charge in [0.25, 0.3) is 0 Å². The number of halogens is 2. The summed E-state index contributed by atoms with van der Waals surface area (Å²) in [4.78, 5) is -0.932. The molecule has 0 bridgehead atoms. The molecule has 0 unspecified atom stereocenters. The van der Waals surface area contributed by atoms with Crippen LogP contribution in [0.1, 0.15) is 11.1 Å². The van der Waals surface area contributed by atoms with Crippen molar-refractivity contribution in [1.29, 1.82) is 0 Å². The van der Waals surface area contributed by atoms with E-state index in [1.54, 1.807) is 13.8 Å². The van der Waals surface area contributed by atoms with E-state index in [0.29, 0.717) is 11.1 Å². The maximum atomic E-state index is 10.7. The van der Waals surface area contributed by atoms with Gasteiger partial charge in [-0.1, -0.05) is 23.2 Å². The molecule has 0 radical (unpaired) electrons. The summed E-state index contributed by atoms with van der Waals surface area (Å²) in [6.07, 6.45) is 0. The zero-order valence-corrected chi connectivity index (χ0v) is 19.5. The van der Waals surface area contributed by atoms with Crippen LogP contribution in [0, 0.1) is 13.8 Å². The summed E-state index contributed by atoms with van der Waals surface area (Å²) in [7, 11) is -9.08. The minimum atomic E-state index is -4.54. The third-order valence-corrected chi connectivity index (χ3v) is 5.75. The molecule has 0 aromatic heterocycles. The van der Waals surface area contributed by atoms with E-state index in [9.17, 15) is 25.9 Å². The number of aryl methyl sites for hydroxylation is 2. The Morgan fingerprint density at radius 3 is 1.22 bits per heavy atom. The molecule has 0 saturated carbocycles. The molecular weight excluding hydrogens is 467 g/mol. The molecule has 0 amide bonds. The van der Waals surface area contributed by atoms with Crippen LogP contribution in [0.4, 0.5) is 11.4 Å². The first kappa shape index (κ1) is 26.7. The van der Waals surface area contributed by atoms with Crippen LogP contribution in [-0.4, -0.2) is 63.7 Å². The number of rotatable bonds is 2. The summed E-state index contributed by atoms with van der Waals surface area (Å²) in [5.74, 6) is 0. The molecule has 2 rings (SSSR count). The predicted octanol–water partition coefficient (Wildman–Crippen LogP) is 1.89. The van der Waals surface area contributed by atoms with Gasteiger partial charge in [-0.2, -0.15) is 0 Å². The zero-order chi connectivity index (χ0) is 20.4. The van der Waals surface area contributed by atoms with Gasteiger partial charge in [0.2, 0.25) is 0 Å². The molecule has 2 aromatic carbocycles. The third kappa shape index (κ3) is 7.56. The van der Waals surface area contributed by atoms with Crippen molar-refractivity contribution in [3.05, 3.63) is 45.4 Å². The molecule has 0 saturated heterocycles. The van der Waals surface area contributed by atoms with Crippen molar-refractivity contribution in [2.75, 3.05) is 11.5 Å². The number of nitrogens with two attached hydrogens (primary N) is 2. The Balaban J connectivity index is 0.000000483. The number of hydrogen-bond donors (Lipinski definition) is 2. The van der Waals surface area contributed by atoms with Crippen molar-refractivity contribution in [1.82, 2.24) is 0 Å². The summed E-state index contributed by atoms with van der Waals surface area (Å²) >= 11 is 11.1. The Labute approximate surface area is 197 Å². The fourth-order valence-corrected chi connectivity index (χ4v) is 4.01. The summed E-state index contributed by atoms with van der Waals surface area (Å²) in [5, 5.41) is -0.416. The van der Waals surface area contributed by atoms with Gasteiger partial charge in [-0.05, 0) is 49.2 Å². The van der Waals surface area contributed by atoms with Crippen molar-refractivity contribution >= 4 is 92.6 Å².